The number of imidazole rings is 1. The zero-order chi connectivity index (χ0) is 19.0. The highest BCUT2D eigenvalue weighted by atomic mass is 35.5. The number of aryl methyl sites for hydroxylation is 1. The number of carbonyl (C=O) groups excluding carboxylic acids is 1. The lowest BCUT2D eigenvalue weighted by Crippen LogP contribution is -2.19. The second-order valence-corrected chi connectivity index (χ2v) is 7.20. The van der Waals surface area contributed by atoms with Gasteiger partial charge in [0, 0.05) is 29.1 Å². The van der Waals surface area contributed by atoms with Crippen LogP contribution in [0.3, 0.4) is 0 Å². The number of hydrogen-bond acceptors (Lipinski definition) is 5. The largest absolute Gasteiger partial charge is 0.320 e. The fourth-order valence-corrected chi connectivity index (χ4v) is 3.56. The number of pyridine rings is 1. The van der Waals surface area contributed by atoms with Crippen LogP contribution in [-0.4, -0.2) is 25.0 Å². The van der Waals surface area contributed by atoms with E-state index in [1.165, 1.54) is 22.0 Å². The van der Waals surface area contributed by atoms with Crippen LogP contribution in [0, 0.1) is 0 Å². The van der Waals surface area contributed by atoms with Crippen LogP contribution in [0.15, 0.2) is 52.9 Å². The average Bonchev–Trinajstić information content (AvgIpc) is 3.26. The van der Waals surface area contributed by atoms with E-state index in [0.717, 1.165) is 11.3 Å². The van der Waals surface area contributed by atoms with E-state index in [0.29, 0.717) is 21.3 Å². The van der Waals surface area contributed by atoms with Crippen LogP contribution in [-0.2, 0) is 18.4 Å². The summed E-state index contributed by atoms with van der Waals surface area (Å²) in [6.07, 6.45) is 1.55. The molecule has 9 heteroatoms. The van der Waals surface area contributed by atoms with E-state index in [-0.39, 0.29) is 18.0 Å². The van der Waals surface area contributed by atoms with Crippen LogP contribution in [0.5, 0.6) is 0 Å². The molecule has 136 valence electrons. The molecular formula is C18H14ClN5O2S. The fourth-order valence-electron chi connectivity index (χ4n) is 2.70. The molecule has 0 spiro atoms. The number of thiazole rings is 1. The molecule has 7 nitrogen and oxygen atoms in total. The van der Waals surface area contributed by atoms with Gasteiger partial charge in [-0.25, -0.2) is 9.97 Å². The average molecular weight is 400 g/mol. The first-order chi connectivity index (χ1) is 13.0. The lowest BCUT2D eigenvalue weighted by Gasteiger charge is -2.05. The predicted octanol–water partition coefficient (Wildman–Crippen LogP) is 3.15. The Labute approximate surface area is 162 Å². The molecule has 0 unspecified atom stereocenters. The van der Waals surface area contributed by atoms with Crippen LogP contribution in [0.4, 0.5) is 5.13 Å². The van der Waals surface area contributed by atoms with Crippen LogP contribution >= 0.6 is 22.9 Å². The highest BCUT2D eigenvalue weighted by Crippen LogP contribution is 2.26. The Morgan fingerprint density at radius 2 is 2.00 bits per heavy atom. The number of benzene rings is 1. The smallest absolute Gasteiger partial charge is 0.252 e. The van der Waals surface area contributed by atoms with E-state index in [4.69, 9.17) is 11.6 Å². The van der Waals surface area contributed by atoms with E-state index >= 15 is 0 Å². The lowest BCUT2D eigenvalue weighted by molar-refractivity contribution is -0.116. The molecule has 0 atom stereocenters. The topological polar surface area (TPSA) is 81.8 Å². The number of anilines is 1. The number of fused-ring (bicyclic) bond motifs is 1. The van der Waals surface area contributed by atoms with Crippen molar-refractivity contribution in [3.8, 4) is 11.3 Å². The Kier molecular flexibility index (Phi) is 4.51. The minimum atomic E-state index is -0.222. The summed E-state index contributed by atoms with van der Waals surface area (Å²) in [6, 6.07) is 10.5. The third kappa shape index (κ3) is 3.49. The Bertz CT molecular complexity index is 1190. The maximum absolute atomic E-state index is 12.4. The molecule has 0 saturated heterocycles. The number of nitrogens with zero attached hydrogens (tertiary/aromatic N) is 4. The zero-order valence-electron chi connectivity index (χ0n) is 14.2. The predicted molar refractivity (Wildman–Crippen MR) is 106 cm³/mol. The van der Waals surface area contributed by atoms with Gasteiger partial charge < -0.3 is 9.88 Å². The first-order valence-electron chi connectivity index (χ1n) is 8.03. The minimum Gasteiger partial charge on any atom is -0.320 e. The molecule has 4 rings (SSSR count). The maximum atomic E-state index is 12.4. The van der Waals surface area contributed by atoms with E-state index < -0.39 is 0 Å². The molecule has 1 amide bonds. The maximum Gasteiger partial charge on any atom is 0.252 e. The molecule has 0 bridgehead atoms. The molecule has 0 aliphatic carbocycles. The summed E-state index contributed by atoms with van der Waals surface area (Å²) in [5.41, 5.74) is 2.81. The number of amides is 1. The lowest BCUT2D eigenvalue weighted by atomic mass is 10.2. The van der Waals surface area contributed by atoms with Crippen molar-refractivity contribution in [2.24, 2.45) is 7.05 Å². The summed E-state index contributed by atoms with van der Waals surface area (Å²) < 4.78 is 3.14. The highest BCUT2D eigenvalue weighted by molar-refractivity contribution is 7.14. The van der Waals surface area contributed by atoms with Crippen molar-refractivity contribution in [2.75, 3.05) is 5.32 Å². The Balaban J connectivity index is 1.50. The van der Waals surface area contributed by atoms with Crippen molar-refractivity contribution in [1.82, 2.24) is 19.1 Å². The standard InChI is InChI=1S/C18H14ClN5O2S/c1-23-16(26)7-6-14-17(23)20-10-24(14)8-15(25)22-18-21-13(9-27-18)11-2-4-12(19)5-3-11/h2-7,9-10H,8H2,1H3,(H,21,22,25). The van der Waals surface area contributed by atoms with Crippen molar-refractivity contribution in [3.05, 3.63) is 63.5 Å². The van der Waals surface area contributed by atoms with E-state index in [1.807, 2.05) is 17.5 Å². The van der Waals surface area contributed by atoms with E-state index in [9.17, 15) is 9.59 Å². The molecular weight excluding hydrogens is 386 g/mol. The van der Waals surface area contributed by atoms with Gasteiger partial charge in [-0.3, -0.25) is 14.2 Å². The number of nitrogens with one attached hydrogen (secondary N) is 1. The van der Waals surface area contributed by atoms with Gasteiger partial charge in [-0.15, -0.1) is 11.3 Å². The zero-order valence-corrected chi connectivity index (χ0v) is 15.8. The van der Waals surface area contributed by atoms with E-state index in [1.54, 1.807) is 36.1 Å². The van der Waals surface area contributed by atoms with E-state index in [2.05, 4.69) is 15.3 Å². The molecule has 1 N–H and O–H groups in total. The van der Waals surface area contributed by atoms with Gasteiger partial charge in [0.1, 0.15) is 6.54 Å². The van der Waals surface area contributed by atoms with Crippen LogP contribution in [0.25, 0.3) is 22.4 Å². The molecule has 0 aliphatic heterocycles. The molecule has 1 aromatic carbocycles. The number of hydrogen-bond donors (Lipinski definition) is 1. The second-order valence-electron chi connectivity index (χ2n) is 5.90. The van der Waals surface area contributed by atoms with Crippen molar-refractivity contribution >= 4 is 45.1 Å². The summed E-state index contributed by atoms with van der Waals surface area (Å²) in [5, 5.41) is 5.85. The van der Waals surface area contributed by atoms with Gasteiger partial charge in [0.05, 0.1) is 17.5 Å². The third-order valence-electron chi connectivity index (χ3n) is 4.09. The number of aromatic nitrogens is 4. The van der Waals surface area contributed by atoms with Crippen molar-refractivity contribution in [2.45, 2.75) is 6.54 Å². The molecule has 0 saturated carbocycles. The van der Waals surface area contributed by atoms with Crippen LogP contribution in [0.1, 0.15) is 0 Å². The Morgan fingerprint density at radius 3 is 2.78 bits per heavy atom. The number of carbonyl (C=O) groups is 1. The van der Waals surface area contributed by atoms with Crippen LogP contribution < -0.4 is 10.9 Å². The van der Waals surface area contributed by atoms with Gasteiger partial charge in [0.25, 0.3) is 5.56 Å². The molecule has 0 radical (unpaired) electrons. The van der Waals surface area contributed by atoms with Gasteiger partial charge in [-0.2, -0.15) is 0 Å². The summed E-state index contributed by atoms with van der Waals surface area (Å²) in [6.45, 7) is 0.0740. The van der Waals surface area contributed by atoms with Gasteiger partial charge in [0.15, 0.2) is 10.8 Å². The first kappa shape index (κ1) is 17.4. The first-order valence-corrected chi connectivity index (χ1v) is 9.29. The quantitative estimate of drug-likeness (QED) is 0.571. The summed E-state index contributed by atoms with van der Waals surface area (Å²) in [5.74, 6) is -0.222. The van der Waals surface area contributed by atoms with Gasteiger partial charge in [0.2, 0.25) is 5.91 Å². The fraction of sp³-hybridized carbons (Fsp3) is 0.111. The third-order valence-corrected chi connectivity index (χ3v) is 5.10. The monoisotopic (exact) mass is 399 g/mol. The molecule has 0 aliphatic rings. The number of halogens is 1. The summed E-state index contributed by atoms with van der Waals surface area (Å²) in [4.78, 5) is 32.7. The normalized spacial score (nSPS) is 11.0. The minimum absolute atomic E-state index is 0.0740. The van der Waals surface area contributed by atoms with Crippen LogP contribution in [0.2, 0.25) is 5.02 Å². The molecule has 3 aromatic heterocycles. The molecule has 3 heterocycles. The summed E-state index contributed by atoms with van der Waals surface area (Å²) in [7, 11) is 1.65. The SMILES string of the molecule is Cn1c(=O)ccc2c1ncn2CC(=O)Nc1nc(-c2ccc(Cl)cc2)cs1. The molecule has 27 heavy (non-hydrogen) atoms. The van der Waals surface area contributed by atoms with Crippen molar-refractivity contribution < 1.29 is 4.79 Å². The van der Waals surface area contributed by atoms with Gasteiger partial charge in [-0.1, -0.05) is 23.7 Å². The van der Waals surface area contributed by atoms with Crippen molar-refractivity contribution in [1.29, 1.82) is 0 Å². The number of rotatable bonds is 4. The highest BCUT2D eigenvalue weighted by Gasteiger charge is 2.12. The Hall–Kier alpha value is -2.97. The second kappa shape index (κ2) is 6.98. The van der Waals surface area contributed by atoms with Crippen molar-refractivity contribution in [3.63, 3.8) is 0 Å². The summed E-state index contributed by atoms with van der Waals surface area (Å²) >= 11 is 7.25. The molecule has 4 aromatic rings. The van der Waals surface area contributed by atoms with Gasteiger partial charge >= 0.3 is 0 Å². The Morgan fingerprint density at radius 1 is 1.22 bits per heavy atom. The van der Waals surface area contributed by atoms with Gasteiger partial charge in [-0.05, 0) is 18.2 Å². The molecule has 0 fully saturated rings.